The second-order valence-corrected chi connectivity index (χ2v) is 8.09. The molecule has 11 heteroatoms. The summed E-state index contributed by atoms with van der Waals surface area (Å²) in [6, 6.07) is 9.44. The number of aromatic nitrogens is 5. The molecule has 2 heterocycles. The maximum absolute atomic E-state index is 11.9. The van der Waals surface area contributed by atoms with E-state index in [9.17, 15) is 9.59 Å². The van der Waals surface area contributed by atoms with Crippen molar-refractivity contribution in [2.45, 2.75) is 45.3 Å². The molecule has 0 spiro atoms. The van der Waals surface area contributed by atoms with Crippen LogP contribution >= 0.6 is 0 Å². The second kappa shape index (κ2) is 10.7. The largest absolute Gasteiger partial charge is 0.481 e. The first kappa shape index (κ1) is 23.1. The van der Waals surface area contributed by atoms with Crippen LogP contribution in [0.2, 0.25) is 0 Å². The lowest BCUT2D eigenvalue weighted by Crippen LogP contribution is -2.26. The zero-order chi connectivity index (χ0) is 23.9. The van der Waals surface area contributed by atoms with Gasteiger partial charge in [-0.15, -0.1) is 0 Å². The molecule has 0 aliphatic heterocycles. The molecule has 1 aliphatic carbocycles. The Bertz CT molecular complexity index is 1140. The van der Waals surface area contributed by atoms with Gasteiger partial charge in [0.2, 0.25) is 5.88 Å². The summed E-state index contributed by atoms with van der Waals surface area (Å²) in [7, 11) is 0. The first-order valence-electron chi connectivity index (χ1n) is 11.1. The molecular formula is C23H26N6O5. The van der Waals surface area contributed by atoms with Crippen LogP contribution in [0.15, 0.2) is 36.5 Å². The molecule has 1 aliphatic rings. The third kappa shape index (κ3) is 5.85. The molecule has 3 aromatic rings. The van der Waals surface area contributed by atoms with Gasteiger partial charge in [0, 0.05) is 13.0 Å². The molecule has 0 bridgehead atoms. The predicted molar refractivity (Wildman–Crippen MR) is 120 cm³/mol. The number of alkyl carbamates (subject to hydrolysis) is 1. The summed E-state index contributed by atoms with van der Waals surface area (Å²) in [4.78, 5) is 32.0. The molecule has 1 aromatic carbocycles. The number of nitrogens with zero attached hydrogens (tertiary/aromatic N) is 4. The Hall–Kier alpha value is -4.02. The van der Waals surface area contributed by atoms with Crippen molar-refractivity contribution in [1.82, 2.24) is 30.7 Å². The number of carbonyl (C=O) groups excluding carboxylic acids is 1. The summed E-state index contributed by atoms with van der Waals surface area (Å²) in [6.45, 7) is 2.29. The molecular weight excluding hydrogens is 440 g/mol. The van der Waals surface area contributed by atoms with Crippen molar-refractivity contribution in [2.24, 2.45) is 5.92 Å². The maximum atomic E-state index is 11.9. The van der Waals surface area contributed by atoms with Crippen molar-refractivity contribution < 1.29 is 24.2 Å². The number of rotatable bonds is 9. The number of benzene rings is 1. The Kier molecular flexibility index (Phi) is 7.31. The number of aliphatic carboxylic acids is 1. The van der Waals surface area contributed by atoms with Crippen molar-refractivity contribution in [3.8, 4) is 17.3 Å². The molecule has 2 atom stereocenters. The Morgan fingerprint density at radius 2 is 2.03 bits per heavy atom. The van der Waals surface area contributed by atoms with Crippen molar-refractivity contribution in [3.63, 3.8) is 0 Å². The van der Waals surface area contributed by atoms with Gasteiger partial charge in [-0.1, -0.05) is 30.3 Å². The van der Waals surface area contributed by atoms with Gasteiger partial charge < -0.3 is 19.9 Å². The van der Waals surface area contributed by atoms with E-state index in [-0.39, 0.29) is 18.6 Å². The number of hydrogen-bond acceptors (Lipinski definition) is 8. The van der Waals surface area contributed by atoms with Gasteiger partial charge in [0.05, 0.1) is 17.8 Å². The van der Waals surface area contributed by atoms with Gasteiger partial charge in [-0.2, -0.15) is 15.4 Å². The van der Waals surface area contributed by atoms with Crippen LogP contribution in [0.3, 0.4) is 0 Å². The highest BCUT2D eigenvalue weighted by molar-refractivity contribution is 5.70. The van der Waals surface area contributed by atoms with Crippen LogP contribution in [0.25, 0.3) is 11.4 Å². The number of nitrogens with one attached hydrogen (secondary N) is 2. The van der Waals surface area contributed by atoms with Gasteiger partial charge in [0.1, 0.15) is 29.8 Å². The first-order valence-corrected chi connectivity index (χ1v) is 11.1. The molecule has 4 rings (SSSR count). The lowest BCUT2D eigenvalue weighted by molar-refractivity contribution is -0.141. The number of carboxylic acids is 1. The van der Waals surface area contributed by atoms with Gasteiger partial charge >= 0.3 is 12.1 Å². The molecule has 3 N–H and O–H groups in total. The van der Waals surface area contributed by atoms with Crippen LogP contribution in [-0.4, -0.2) is 55.2 Å². The summed E-state index contributed by atoms with van der Waals surface area (Å²) in [5, 5.41) is 22.8. The molecule has 0 radical (unpaired) electrons. The summed E-state index contributed by atoms with van der Waals surface area (Å²) in [5.74, 6) is -0.783. The number of hydrogen-bond donors (Lipinski definition) is 3. The third-order valence-electron chi connectivity index (χ3n) is 5.62. The molecule has 178 valence electrons. The molecule has 2 aromatic heterocycles. The number of H-pyrrole nitrogens is 1. The van der Waals surface area contributed by atoms with Crippen LogP contribution in [0.4, 0.5) is 4.79 Å². The van der Waals surface area contributed by atoms with E-state index in [0.717, 1.165) is 5.56 Å². The highest BCUT2D eigenvalue weighted by Gasteiger charge is 2.31. The summed E-state index contributed by atoms with van der Waals surface area (Å²) in [5.41, 5.74) is 3.18. The molecule has 1 amide bonds. The van der Waals surface area contributed by atoms with E-state index in [1.807, 2.05) is 30.3 Å². The lowest BCUT2D eigenvalue weighted by Gasteiger charge is -2.14. The number of aryl methyl sites for hydroxylation is 1. The average molecular weight is 466 g/mol. The van der Waals surface area contributed by atoms with E-state index >= 15 is 0 Å². The normalized spacial score (nSPS) is 17.3. The van der Waals surface area contributed by atoms with Crippen LogP contribution in [0.1, 0.15) is 36.2 Å². The Balaban J connectivity index is 1.30. The Morgan fingerprint density at radius 3 is 2.76 bits per heavy atom. The van der Waals surface area contributed by atoms with Crippen LogP contribution < -0.4 is 10.1 Å². The predicted octanol–water partition coefficient (Wildman–Crippen LogP) is 2.67. The van der Waals surface area contributed by atoms with Gasteiger partial charge in [-0.25, -0.2) is 14.8 Å². The van der Waals surface area contributed by atoms with Crippen molar-refractivity contribution >= 4 is 12.1 Å². The van der Waals surface area contributed by atoms with Gasteiger partial charge in [-0.05, 0) is 31.7 Å². The standard InChI is InChI=1S/C23H26N6O5/c1-14-21(34-17-8-7-16(11-17)22(30)31)25-12-19(26-14)20-18(27-29-28-20)9-10-24-23(32)33-13-15-5-3-2-4-6-15/h2-6,12,16-17H,7-11,13H2,1H3,(H,24,32)(H,30,31)(H,27,28,29). The summed E-state index contributed by atoms with van der Waals surface area (Å²) in [6.07, 6.45) is 3.01. The number of amides is 1. The number of ether oxygens (including phenoxy) is 2. The highest BCUT2D eigenvalue weighted by Crippen LogP contribution is 2.30. The summed E-state index contributed by atoms with van der Waals surface area (Å²) < 4.78 is 11.1. The number of aromatic amines is 1. The smallest absolute Gasteiger partial charge is 0.407 e. The SMILES string of the molecule is Cc1nc(-c2n[nH]nc2CCNC(=O)OCc2ccccc2)cnc1OC1CCC(C(=O)O)C1. The minimum Gasteiger partial charge on any atom is -0.481 e. The topological polar surface area (TPSA) is 152 Å². The van der Waals surface area contributed by atoms with Crippen LogP contribution in [-0.2, 0) is 22.6 Å². The summed E-state index contributed by atoms with van der Waals surface area (Å²) >= 11 is 0. The molecule has 2 unspecified atom stereocenters. The zero-order valence-corrected chi connectivity index (χ0v) is 18.7. The number of carbonyl (C=O) groups is 2. The molecule has 0 saturated heterocycles. The molecule has 11 nitrogen and oxygen atoms in total. The Labute approximate surface area is 195 Å². The van der Waals surface area contributed by atoms with Gasteiger partial charge in [0.25, 0.3) is 0 Å². The van der Waals surface area contributed by atoms with Crippen LogP contribution in [0, 0.1) is 12.8 Å². The fourth-order valence-electron chi connectivity index (χ4n) is 3.82. The maximum Gasteiger partial charge on any atom is 0.407 e. The van der Waals surface area contributed by atoms with E-state index in [0.29, 0.717) is 60.9 Å². The molecule has 1 saturated carbocycles. The first-order chi connectivity index (χ1) is 16.5. The minimum atomic E-state index is -0.790. The lowest BCUT2D eigenvalue weighted by atomic mass is 10.1. The van der Waals surface area contributed by atoms with E-state index in [1.54, 1.807) is 13.1 Å². The van der Waals surface area contributed by atoms with Gasteiger partial charge in [-0.3, -0.25) is 4.79 Å². The molecule has 1 fully saturated rings. The van der Waals surface area contributed by atoms with E-state index in [4.69, 9.17) is 14.6 Å². The second-order valence-electron chi connectivity index (χ2n) is 8.09. The number of carboxylic acid groups (broad SMARTS) is 1. The van der Waals surface area contributed by atoms with Crippen molar-refractivity contribution in [1.29, 1.82) is 0 Å². The average Bonchev–Trinajstić information content (AvgIpc) is 3.50. The monoisotopic (exact) mass is 466 g/mol. The van der Waals surface area contributed by atoms with Crippen molar-refractivity contribution in [2.75, 3.05) is 6.54 Å². The van der Waals surface area contributed by atoms with E-state index in [1.165, 1.54) is 0 Å². The van der Waals surface area contributed by atoms with E-state index in [2.05, 4.69) is 30.7 Å². The van der Waals surface area contributed by atoms with Crippen LogP contribution in [0.5, 0.6) is 5.88 Å². The quantitative estimate of drug-likeness (QED) is 0.432. The zero-order valence-electron chi connectivity index (χ0n) is 18.7. The van der Waals surface area contributed by atoms with Crippen molar-refractivity contribution in [3.05, 3.63) is 53.5 Å². The van der Waals surface area contributed by atoms with E-state index < -0.39 is 12.1 Å². The molecule has 34 heavy (non-hydrogen) atoms. The third-order valence-corrected chi connectivity index (χ3v) is 5.62. The van der Waals surface area contributed by atoms with Gasteiger partial charge in [0.15, 0.2) is 0 Å². The Morgan fingerprint density at radius 1 is 1.21 bits per heavy atom. The minimum absolute atomic E-state index is 0.185. The fourth-order valence-corrected chi connectivity index (χ4v) is 3.82. The fraction of sp³-hybridized carbons (Fsp3) is 0.391. The highest BCUT2D eigenvalue weighted by atomic mass is 16.5.